The van der Waals surface area contributed by atoms with E-state index in [4.69, 9.17) is 4.65 Å². The van der Waals surface area contributed by atoms with Gasteiger partial charge in [0.15, 0.2) is 0 Å². The van der Waals surface area contributed by atoms with Crippen molar-refractivity contribution in [2.24, 2.45) is 5.18 Å². The molecule has 1 saturated heterocycles. The largest absolute Gasteiger partial charge is 0.427 e. The molecule has 0 aliphatic carbocycles. The molecule has 0 N–H and O–H groups in total. The average molecular weight is 298 g/mol. The number of piperidine rings is 1. The van der Waals surface area contributed by atoms with Crippen molar-refractivity contribution in [1.29, 1.82) is 0 Å². The number of hydrogen-bond donors (Lipinski definition) is 0. The highest BCUT2D eigenvalue weighted by molar-refractivity contribution is 6.23. The lowest BCUT2D eigenvalue weighted by Gasteiger charge is -2.31. The molecule has 22 heavy (non-hydrogen) atoms. The van der Waals surface area contributed by atoms with Crippen molar-refractivity contribution < 1.29 is 4.65 Å². The maximum Gasteiger partial charge on any atom is 0.398 e. The van der Waals surface area contributed by atoms with Crippen LogP contribution >= 0.6 is 0 Å². The second-order valence-electron chi connectivity index (χ2n) is 5.47. The molecule has 1 radical (unpaired) electrons. The monoisotopic (exact) mass is 298 g/mol. The Morgan fingerprint density at radius 1 is 1.23 bits per heavy atom. The fourth-order valence-corrected chi connectivity index (χ4v) is 3.06. The third-order valence-electron chi connectivity index (χ3n) is 4.20. The van der Waals surface area contributed by atoms with Crippen molar-refractivity contribution in [2.75, 3.05) is 20.2 Å². The summed E-state index contributed by atoms with van der Waals surface area (Å²) in [5.74, 6) is 0. The van der Waals surface area contributed by atoms with Crippen molar-refractivity contribution >= 4 is 24.1 Å². The molecule has 7 heteroatoms. The summed E-state index contributed by atoms with van der Waals surface area (Å²) >= 11 is 0. The van der Waals surface area contributed by atoms with E-state index in [1.54, 1.807) is 49.8 Å². The number of nitrogens with zero attached hydrogens (tertiary/aromatic N) is 3. The van der Waals surface area contributed by atoms with Gasteiger partial charge in [-0.1, -0.05) is 6.07 Å². The third-order valence-corrected chi connectivity index (χ3v) is 4.20. The lowest BCUT2D eigenvalue weighted by atomic mass is 9.99. The normalized spacial score (nSPS) is 16.8. The first-order valence-corrected chi connectivity index (χ1v) is 7.32. The molecule has 0 unspecified atom stereocenters. The maximum atomic E-state index is 12.7. The van der Waals surface area contributed by atoms with E-state index in [9.17, 15) is 9.70 Å². The molecule has 0 atom stereocenters. The van der Waals surface area contributed by atoms with E-state index >= 15 is 0 Å². The minimum atomic E-state index is -0.0582. The van der Waals surface area contributed by atoms with E-state index in [1.807, 2.05) is 0 Å². The number of hydrogen-bond acceptors (Lipinski definition) is 5. The topological polar surface area (TPSA) is 63.9 Å². The maximum absolute atomic E-state index is 12.7. The van der Waals surface area contributed by atoms with Crippen molar-refractivity contribution in [2.45, 2.75) is 18.9 Å². The molecule has 1 aromatic heterocycles. The van der Waals surface area contributed by atoms with Crippen LogP contribution < -0.4 is 5.56 Å². The Bertz CT molecular complexity index is 738. The first kappa shape index (κ1) is 14.9. The van der Waals surface area contributed by atoms with Gasteiger partial charge in [0.05, 0.1) is 0 Å². The van der Waals surface area contributed by atoms with Gasteiger partial charge < -0.3 is 14.0 Å². The molecule has 1 aliphatic heterocycles. The van der Waals surface area contributed by atoms with Crippen LogP contribution in [0, 0.1) is 4.91 Å². The van der Waals surface area contributed by atoms with E-state index < -0.39 is 0 Å². The lowest BCUT2D eigenvalue weighted by molar-refractivity contribution is 0.246. The molecule has 1 aliphatic rings. The van der Waals surface area contributed by atoms with Gasteiger partial charge in [-0.3, -0.25) is 4.79 Å². The van der Waals surface area contributed by atoms with E-state index in [1.165, 1.54) is 0 Å². The van der Waals surface area contributed by atoms with Gasteiger partial charge in [0.2, 0.25) is 0 Å². The minimum Gasteiger partial charge on any atom is -0.427 e. The number of pyridine rings is 1. The molecule has 1 fully saturated rings. The highest BCUT2D eigenvalue weighted by atomic mass is 16.4. The van der Waals surface area contributed by atoms with Crippen LogP contribution in [0.25, 0.3) is 10.8 Å². The van der Waals surface area contributed by atoms with Gasteiger partial charge in [0.1, 0.15) is 5.69 Å². The molecule has 1 aromatic carbocycles. The molecule has 0 amide bonds. The van der Waals surface area contributed by atoms with Crippen molar-refractivity contribution in [3.05, 3.63) is 45.7 Å². The second kappa shape index (κ2) is 6.42. The zero-order chi connectivity index (χ0) is 15.5. The molecule has 2 aromatic rings. The van der Waals surface area contributed by atoms with Gasteiger partial charge >= 0.3 is 7.62 Å². The van der Waals surface area contributed by atoms with Crippen molar-refractivity contribution in [3.63, 3.8) is 0 Å². The van der Waals surface area contributed by atoms with Gasteiger partial charge in [-0.15, -0.1) is 4.91 Å². The van der Waals surface area contributed by atoms with Gasteiger partial charge in [0, 0.05) is 30.1 Å². The standard InChI is InChI=1S/C15H17BN3O3/c1-22-16-18-8-5-11(6-9-18)19-10-7-12-13(15(19)20)3-2-4-14(12)17-21/h2-4,7,10-11H,5-6,8-9H2,1H3. The molecule has 113 valence electrons. The van der Waals surface area contributed by atoms with Gasteiger partial charge in [0.25, 0.3) is 5.56 Å². The Balaban J connectivity index is 1.91. The first-order chi connectivity index (χ1) is 10.7. The summed E-state index contributed by atoms with van der Waals surface area (Å²) in [6, 6.07) is 7.04. The van der Waals surface area contributed by atoms with Crippen LogP contribution in [0.15, 0.2) is 40.4 Å². The predicted octanol–water partition coefficient (Wildman–Crippen LogP) is 2.22. The number of aromatic nitrogens is 1. The summed E-state index contributed by atoms with van der Waals surface area (Å²) in [4.78, 5) is 25.6. The molecule has 3 rings (SSSR count). The lowest BCUT2D eigenvalue weighted by Crippen LogP contribution is -2.39. The number of rotatable bonds is 4. The first-order valence-electron chi connectivity index (χ1n) is 7.32. The Kier molecular flexibility index (Phi) is 4.35. The minimum absolute atomic E-state index is 0.0582. The molecule has 0 saturated carbocycles. The van der Waals surface area contributed by atoms with E-state index in [2.05, 4.69) is 9.99 Å². The average Bonchev–Trinajstić information content (AvgIpc) is 2.56. The summed E-state index contributed by atoms with van der Waals surface area (Å²) in [5.41, 5.74) is 0.253. The molecular formula is C15H17BN3O3. The van der Waals surface area contributed by atoms with E-state index in [0.717, 1.165) is 25.9 Å². The summed E-state index contributed by atoms with van der Waals surface area (Å²) in [6.07, 6.45) is 3.55. The molecular weight excluding hydrogens is 281 g/mol. The zero-order valence-corrected chi connectivity index (χ0v) is 12.4. The Morgan fingerprint density at radius 3 is 2.68 bits per heavy atom. The summed E-state index contributed by atoms with van der Waals surface area (Å²) in [6.45, 7) is 1.72. The fourth-order valence-electron chi connectivity index (χ4n) is 3.06. The van der Waals surface area contributed by atoms with E-state index in [0.29, 0.717) is 16.5 Å². The number of fused-ring (bicyclic) bond motifs is 1. The van der Waals surface area contributed by atoms with Crippen LogP contribution in [-0.2, 0) is 4.65 Å². The molecule has 6 nitrogen and oxygen atoms in total. The second-order valence-corrected chi connectivity index (χ2v) is 5.47. The van der Waals surface area contributed by atoms with Gasteiger partial charge in [-0.25, -0.2) is 0 Å². The smallest absolute Gasteiger partial charge is 0.398 e. The number of nitroso groups, excluding NO2 is 1. The zero-order valence-electron chi connectivity index (χ0n) is 12.4. The Labute approximate surface area is 129 Å². The third kappa shape index (κ3) is 2.69. The summed E-state index contributed by atoms with van der Waals surface area (Å²) in [7, 11) is 3.36. The van der Waals surface area contributed by atoms with Gasteiger partial charge in [-0.05, 0) is 49.3 Å². The van der Waals surface area contributed by atoms with Crippen LogP contribution in [0.4, 0.5) is 5.69 Å². The highest BCUT2D eigenvalue weighted by Gasteiger charge is 2.22. The Morgan fingerprint density at radius 2 is 2.00 bits per heavy atom. The van der Waals surface area contributed by atoms with Crippen molar-refractivity contribution in [1.82, 2.24) is 9.38 Å². The van der Waals surface area contributed by atoms with Crippen LogP contribution in [-0.4, -0.2) is 37.2 Å². The van der Waals surface area contributed by atoms with Crippen LogP contribution in [0.2, 0.25) is 0 Å². The SMILES string of the molecule is CO[B]N1CCC(n2ccc3c(N=O)cccc3c2=O)CC1. The summed E-state index contributed by atoms with van der Waals surface area (Å²) < 4.78 is 6.80. The highest BCUT2D eigenvalue weighted by Crippen LogP contribution is 2.26. The molecule has 2 heterocycles. The number of benzene rings is 1. The Hall–Kier alpha value is -1.99. The van der Waals surface area contributed by atoms with Crippen molar-refractivity contribution in [3.8, 4) is 0 Å². The van der Waals surface area contributed by atoms with Gasteiger partial charge in [-0.2, -0.15) is 0 Å². The van der Waals surface area contributed by atoms with Crippen LogP contribution in [0.3, 0.4) is 0 Å². The summed E-state index contributed by atoms with van der Waals surface area (Å²) in [5, 5.41) is 4.15. The van der Waals surface area contributed by atoms with Crippen LogP contribution in [0.1, 0.15) is 18.9 Å². The van der Waals surface area contributed by atoms with E-state index in [-0.39, 0.29) is 11.6 Å². The van der Waals surface area contributed by atoms with Crippen LogP contribution in [0.5, 0.6) is 0 Å². The fraction of sp³-hybridized carbons (Fsp3) is 0.400. The quantitative estimate of drug-likeness (QED) is 0.641. The molecule has 0 bridgehead atoms. The predicted molar refractivity (Wildman–Crippen MR) is 86.3 cm³/mol. The molecule has 0 spiro atoms.